The minimum absolute atomic E-state index is 0.310. The molecule has 0 bridgehead atoms. The van der Waals surface area contributed by atoms with E-state index in [0.717, 1.165) is 72.3 Å². The summed E-state index contributed by atoms with van der Waals surface area (Å²) in [6.45, 7) is 0. The number of furan rings is 1. The molecule has 0 radical (unpaired) electrons. The Hall–Kier alpha value is -7.50. The molecule has 0 saturated carbocycles. The lowest BCUT2D eigenvalue weighted by molar-refractivity contribution is 0.666. The average Bonchev–Trinajstić information content (AvgIpc) is 3.82. The maximum Gasteiger partial charge on any atom is 0.159 e. The predicted octanol–water partition coefficient (Wildman–Crippen LogP) is 12.5. The number of nitrogens with zero attached hydrogens (tertiary/aromatic N) is 3. The number of aromatic nitrogens is 1. The van der Waals surface area contributed by atoms with Gasteiger partial charge in [0.25, 0.3) is 0 Å². The molecule has 0 aliphatic carbocycles. The summed E-state index contributed by atoms with van der Waals surface area (Å²) in [6, 6.07) is 68.1. The first-order chi connectivity index (χ1) is 27.7. The summed E-state index contributed by atoms with van der Waals surface area (Å²) in [6.07, 6.45) is -0.310. The Kier molecular flexibility index (Phi) is 7.49. The van der Waals surface area contributed by atoms with Crippen molar-refractivity contribution in [3.05, 3.63) is 211 Å². The van der Waals surface area contributed by atoms with Gasteiger partial charge in [0, 0.05) is 38.4 Å². The van der Waals surface area contributed by atoms with Crippen LogP contribution in [0.2, 0.25) is 0 Å². The second kappa shape index (κ2) is 13.1. The van der Waals surface area contributed by atoms with Gasteiger partial charge in [-0.05, 0) is 76.3 Å². The number of hydrogen-bond acceptors (Lipinski definition) is 4. The minimum Gasteiger partial charge on any atom is -0.456 e. The molecule has 11 rings (SSSR count). The van der Waals surface area contributed by atoms with E-state index in [0.29, 0.717) is 5.84 Å². The molecule has 2 aromatic heterocycles. The Labute approximate surface area is 323 Å². The van der Waals surface area contributed by atoms with Crippen molar-refractivity contribution in [2.24, 2.45) is 9.98 Å². The molecule has 1 N–H and O–H groups in total. The Balaban J connectivity index is 1.13. The average molecular weight is 719 g/mol. The molecule has 1 aliphatic heterocycles. The fraction of sp³-hybridized carbons (Fsp3) is 0.0196. The van der Waals surface area contributed by atoms with Gasteiger partial charge in [-0.15, -0.1) is 0 Å². The molecule has 0 saturated heterocycles. The zero-order valence-corrected chi connectivity index (χ0v) is 30.3. The lowest BCUT2D eigenvalue weighted by Crippen LogP contribution is -2.33. The van der Waals surface area contributed by atoms with Crippen molar-refractivity contribution in [1.82, 2.24) is 9.88 Å². The summed E-state index contributed by atoms with van der Waals surface area (Å²) in [7, 11) is 0. The third-order valence-corrected chi connectivity index (χ3v) is 10.8. The summed E-state index contributed by atoms with van der Waals surface area (Å²) in [5.41, 5.74) is 12.6. The van der Waals surface area contributed by atoms with Gasteiger partial charge in [0.05, 0.1) is 11.0 Å². The van der Waals surface area contributed by atoms with Gasteiger partial charge < -0.3 is 14.3 Å². The van der Waals surface area contributed by atoms with E-state index in [2.05, 4.69) is 155 Å². The third-order valence-electron chi connectivity index (χ3n) is 10.8. The molecule has 264 valence electrons. The van der Waals surface area contributed by atoms with Crippen LogP contribution in [0, 0.1) is 0 Å². The molecule has 0 fully saturated rings. The number of rotatable bonds is 6. The van der Waals surface area contributed by atoms with Gasteiger partial charge in [-0.1, -0.05) is 146 Å². The zero-order chi connectivity index (χ0) is 37.0. The summed E-state index contributed by atoms with van der Waals surface area (Å²) in [4.78, 5) is 10.2. The molecule has 5 nitrogen and oxygen atoms in total. The number of fused-ring (bicyclic) bond motifs is 6. The predicted molar refractivity (Wildman–Crippen MR) is 231 cm³/mol. The highest BCUT2D eigenvalue weighted by atomic mass is 16.3. The highest BCUT2D eigenvalue weighted by molar-refractivity contribution is 6.19. The Morgan fingerprint density at radius 2 is 1.14 bits per heavy atom. The molecule has 5 heteroatoms. The second-order valence-corrected chi connectivity index (χ2v) is 14.2. The molecule has 56 heavy (non-hydrogen) atoms. The van der Waals surface area contributed by atoms with Crippen LogP contribution in [0.25, 0.3) is 71.7 Å². The standard InChI is InChI=1S/C51H34N4O/c1-5-15-33(16-6-1)36-25-27-40-43-29-37(26-28-44(43)55(45(40)31-36)39-21-11-4-12-22-39)42-30-38(32-47-48(42)41-23-13-14-24-46(41)56-47)51-53-49(34-17-7-2-8-18-34)52-50(54-51)35-19-9-3-10-20-35/h1-32,49H,(H,52,53,54). The van der Waals surface area contributed by atoms with Crippen molar-refractivity contribution in [2.75, 3.05) is 0 Å². The van der Waals surface area contributed by atoms with E-state index >= 15 is 0 Å². The van der Waals surface area contributed by atoms with E-state index in [-0.39, 0.29) is 6.17 Å². The number of aliphatic imine (C=N–C) groups is 2. The van der Waals surface area contributed by atoms with Crippen molar-refractivity contribution < 1.29 is 4.42 Å². The number of hydrogen-bond donors (Lipinski definition) is 1. The van der Waals surface area contributed by atoms with Crippen LogP contribution in [0.1, 0.15) is 22.9 Å². The Bertz CT molecular complexity index is 3140. The van der Waals surface area contributed by atoms with Crippen LogP contribution < -0.4 is 5.32 Å². The largest absolute Gasteiger partial charge is 0.456 e. The van der Waals surface area contributed by atoms with Crippen LogP contribution in [-0.2, 0) is 0 Å². The van der Waals surface area contributed by atoms with Crippen LogP contribution in [0.15, 0.2) is 209 Å². The van der Waals surface area contributed by atoms with Crippen molar-refractivity contribution in [1.29, 1.82) is 0 Å². The summed E-state index contributed by atoms with van der Waals surface area (Å²) >= 11 is 0. The SMILES string of the molecule is c1ccc(C2=NC(c3ccccc3)NC(c3cc(-c4ccc5c(c4)c4ccc(-c6ccccc6)cc4n5-c4ccccc4)c4c(c3)oc3ccccc34)=N2)cc1. The number of nitrogens with one attached hydrogen (secondary N) is 1. The van der Waals surface area contributed by atoms with Crippen LogP contribution in [-0.4, -0.2) is 16.2 Å². The van der Waals surface area contributed by atoms with Gasteiger partial charge >= 0.3 is 0 Å². The van der Waals surface area contributed by atoms with Crippen LogP contribution in [0.3, 0.4) is 0 Å². The van der Waals surface area contributed by atoms with Crippen molar-refractivity contribution >= 4 is 55.4 Å². The molecular formula is C51H34N4O. The van der Waals surface area contributed by atoms with Crippen LogP contribution >= 0.6 is 0 Å². The topological polar surface area (TPSA) is 54.8 Å². The van der Waals surface area contributed by atoms with Crippen molar-refractivity contribution in [2.45, 2.75) is 6.17 Å². The second-order valence-electron chi connectivity index (χ2n) is 14.2. The molecule has 3 heterocycles. The Morgan fingerprint density at radius 3 is 1.93 bits per heavy atom. The quantitative estimate of drug-likeness (QED) is 0.186. The number of para-hydroxylation sites is 2. The first-order valence-corrected chi connectivity index (χ1v) is 18.9. The third kappa shape index (κ3) is 5.40. The van der Waals surface area contributed by atoms with E-state index in [1.807, 2.05) is 48.5 Å². The van der Waals surface area contributed by atoms with Gasteiger partial charge in [-0.25, -0.2) is 9.98 Å². The van der Waals surface area contributed by atoms with Gasteiger partial charge in [-0.3, -0.25) is 0 Å². The molecule has 0 spiro atoms. The van der Waals surface area contributed by atoms with Gasteiger partial charge in [0.1, 0.15) is 23.2 Å². The van der Waals surface area contributed by atoms with Crippen molar-refractivity contribution in [3.63, 3.8) is 0 Å². The summed E-state index contributed by atoms with van der Waals surface area (Å²) in [5, 5.41) is 8.21. The molecule has 0 amide bonds. The monoisotopic (exact) mass is 718 g/mol. The number of amidine groups is 2. The van der Waals surface area contributed by atoms with Gasteiger partial charge in [0.2, 0.25) is 0 Å². The van der Waals surface area contributed by atoms with Crippen molar-refractivity contribution in [3.8, 4) is 27.9 Å². The summed E-state index contributed by atoms with van der Waals surface area (Å²) in [5.74, 6) is 1.43. The molecular weight excluding hydrogens is 685 g/mol. The molecule has 1 atom stereocenters. The summed E-state index contributed by atoms with van der Waals surface area (Å²) < 4.78 is 9.01. The van der Waals surface area contributed by atoms with Gasteiger partial charge in [-0.2, -0.15) is 0 Å². The minimum atomic E-state index is -0.310. The Morgan fingerprint density at radius 1 is 0.464 bits per heavy atom. The maximum atomic E-state index is 6.63. The smallest absolute Gasteiger partial charge is 0.159 e. The fourth-order valence-electron chi connectivity index (χ4n) is 8.19. The molecule has 1 aliphatic rings. The molecule has 1 unspecified atom stereocenters. The van der Waals surface area contributed by atoms with E-state index in [4.69, 9.17) is 14.4 Å². The lowest BCUT2D eigenvalue weighted by Gasteiger charge is -2.24. The highest BCUT2D eigenvalue weighted by Gasteiger charge is 2.24. The highest BCUT2D eigenvalue weighted by Crippen LogP contribution is 2.42. The van der Waals surface area contributed by atoms with Crippen LogP contribution in [0.5, 0.6) is 0 Å². The number of benzene rings is 8. The van der Waals surface area contributed by atoms with E-state index < -0.39 is 0 Å². The lowest BCUT2D eigenvalue weighted by atomic mass is 9.95. The van der Waals surface area contributed by atoms with E-state index in [1.165, 1.54) is 21.9 Å². The normalized spacial score (nSPS) is 14.2. The van der Waals surface area contributed by atoms with Crippen LogP contribution in [0.4, 0.5) is 0 Å². The first kappa shape index (κ1) is 32.0. The van der Waals surface area contributed by atoms with E-state index in [9.17, 15) is 0 Å². The fourth-order valence-corrected chi connectivity index (χ4v) is 8.19. The van der Waals surface area contributed by atoms with E-state index in [1.54, 1.807) is 0 Å². The maximum absolute atomic E-state index is 6.63. The zero-order valence-electron chi connectivity index (χ0n) is 30.3. The van der Waals surface area contributed by atoms with Gasteiger partial charge in [0.15, 0.2) is 5.84 Å². The molecule has 10 aromatic rings. The molecule has 8 aromatic carbocycles. The first-order valence-electron chi connectivity index (χ1n) is 18.9.